The van der Waals surface area contributed by atoms with Crippen LogP contribution in [-0.2, 0) is 0 Å². The number of hydrogen-bond donors (Lipinski definition) is 1. The molecule has 0 radical (unpaired) electrons. The highest BCUT2D eigenvalue weighted by Crippen LogP contribution is 2.33. The molecule has 5 nitrogen and oxygen atoms in total. The van der Waals surface area contributed by atoms with Crippen LogP contribution >= 0.6 is 0 Å². The topological polar surface area (TPSA) is 67.2 Å². The van der Waals surface area contributed by atoms with Gasteiger partial charge in [-0.15, -0.1) is 0 Å². The molecule has 0 saturated heterocycles. The lowest BCUT2D eigenvalue weighted by Crippen LogP contribution is -2.01. The van der Waals surface area contributed by atoms with Crippen LogP contribution in [0.15, 0.2) is 36.4 Å². The van der Waals surface area contributed by atoms with E-state index >= 15 is 0 Å². The molecule has 0 aliphatic heterocycles. The number of aromatic nitrogens is 1. The van der Waals surface area contributed by atoms with Crippen molar-refractivity contribution in [2.45, 2.75) is 13.8 Å². The third-order valence-corrected chi connectivity index (χ3v) is 4.04. The number of methoxy groups -OCH3 is 2. The van der Waals surface area contributed by atoms with Gasteiger partial charge in [0, 0.05) is 11.5 Å². The van der Waals surface area contributed by atoms with Gasteiger partial charge in [-0.3, -0.25) is 0 Å². The summed E-state index contributed by atoms with van der Waals surface area (Å²) in [7, 11) is 3.19. The number of aryl methyl sites for hydroxylation is 2. The van der Waals surface area contributed by atoms with Crippen LogP contribution in [0.4, 0.5) is 11.5 Å². The highest BCUT2D eigenvalue weighted by molar-refractivity contribution is 5.87. The molecule has 0 saturated carbocycles. The number of nitrogens with zero attached hydrogens (tertiary/aromatic N) is 2. The zero-order valence-corrected chi connectivity index (χ0v) is 14.7. The Bertz CT molecular complexity index is 990. The number of benzene rings is 2. The lowest BCUT2D eigenvalue weighted by molar-refractivity contribution is 0.395. The Hall–Kier alpha value is -3.26. The maximum Gasteiger partial charge on any atom is 0.149 e. The summed E-state index contributed by atoms with van der Waals surface area (Å²) in [4.78, 5) is 4.68. The first-order valence-electron chi connectivity index (χ1n) is 7.87. The van der Waals surface area contributed by atoms with Gasteiger partial charge in [-0.1, -0.05) is 11.6 Å². The van der Waals surface area contributed by atoms with Crippen molar-refractivity contribution < 1.29 is 9.47 Å². The molecule has 2 aromatic carbocycles. The van der Waals surface area contributed by atoms with Crippen molar-refractivity contribution in [3.63, 3.8) is 0 Å². The summed E-state index contributed by atoms with van der Waals surface area (Å²) in [5, 5.41) is 13.7. The first kappa shape index (κ1) is 16.6. The Morgan fingerprint density at radius 3 is 2.52 bits per heavy atom. The van der Waals surface area contributed by atoms with Gasteiger partial charge in [0.2, 0.25) is 0 Å². The van der Waals surface area contributed by atoms with Crippen LogP contribution in [0, 0.1) is 25.2 Å². The second-order valence-corrected chi connectivity index (χ2v) is 5.84. The number of nitrogens with one attached hydrogen (secondary N) is 1. The molecule has 0 aliphatic rings. The second kappa shape index (κ2) is 6.70. The van der Waals surface area contributed by atoms with E-state index in [1.165, 1.54) is 0 Å². The van der Waals surface area contributed by atoms with Crippen molar-refractivity contribution >= 4 is 22.4 Å². The summed E-state index contributed by atoms with van der Waals surface area (Å²) in [6.07, 6.45) is 0. The number of nitriles is 1. The van der Waals surface area contributed by atoms with Crippen molar-refractivity contribution in [3.8, 4) is 17.6 Å². The molecule has 0 unspecified atom stereocenters. The van der Waals surface area contributed by atoms with Crippen molar-refractivity contribution in [1.82, 2.24) is 4.98 Å². The molecular weight excluding hydrogens is 314 g/mol. The van der Waals surface area contributed by atoms with Gasteiger partial charge in [0.05, 0.1) is 31.0 Å². The standard InChI is InChI=1S/C20H19N3O2/c1-12-7-13(2)19-14(8-12)9-15(11-21)20(23-19)22-17-6-5-16(24-3)10-18(17)25-4/h5-10H,1-4H3,(H,22,23). The summed E-state index contributed by atoms with van der Waals surface area (Å²) in [5.74, 6) is 1.82. The zero-order valence-electron chi connectivity index (χ0n) is 14.7. The SMILES string of the molecule is COc1ccc(Nc2nc3c(C)cc(C)cc3cc2C#N)c(OC)c1. The van der Waals surface area contributed by atoms with E-state index in [1.807, 2.05) is 38.1 Å². The van der Waals surface area contributed by atoms with E-state index in [-0.39, 0.29) is 0 Å². The Morgan fingerprint density at radius 1 is 1.04 bits per heavy atom. The third kappa shape index (κ3) is 3.20. The molecule has 1 N–H and O–H groups in total. The first-order valence-corrected chi connectivity index (χ1v) is 7.87. The van der Waals surface area contributed by atoms with E-state index in [4.69, 9.17) is 9.47 Å². The predicted octanol–water partition coefficient (Wildman–Crippen LogP) is 4.48. The molecule has 126 valence electrons. The van der Waals surface area contributed by atoms with E-state index in [9.17, 15) is 5.26 Å². The fourth-order valence-corrected chi connectivity index (χ4v) is 2.86. The predicted molar refractivity (Wildman–Crippen MR) is 98.8 cm³/mol. The van der Waals surface area contributed by atoms with E-state index < -0.39 is 0 Å². The molecule has 3 aromatic rings. The Kier molecular flexibility index (Phi) is 4.44. The molecule has 0 fully saturated rings. The van der Waals surface area contributed by atoms with Crippen LogP contribution in [-0.4, -0.2) is 19.2 Å². The summed E-state index contributed by atoms with van der Waals surface area (Å²) in [5.41, 5.74) is 4.30. The van der Waals surface area contributed by atoms with Gasteiger partial charge >= 0.3 is 0 Å². The Morgan fingerprint density at radius 2 is 1.84 bits per heavy atom. The van der Waals surface area contributed by atoms with E-state index in [1.54, 1.807) is 20.3 Å². The molecule has 25 heavy (non-hydrogen) atoms. The molecule has 0 bridgehead atoms. The molecule has 5 heteroatoms. The molecule has 0 amide bonds. The minimum absolute atomic E-state index is 0.482. The van der Waals surface area contributed by atoms with Crippen LogP contribution in [0.5, 0.6) is 11.5 Å². The monoisotopic (exact) mass is 333 g/mol. The summed E-state index contributed by atoms with van der Waals surface area (Å²) >= 11 is 0. The minimum Gasteiger partial charge on any atom is -0.497 e. The van der Waals surface area contributed by atoms with Crippen molar-refractivity contribution in [2.24, 2.45) is 0 Å². The number of rotatable bonds is 4. The van der Waals surface area contributed by atoms with Crippen molar-refractivity contribution in [2.75, 3.05) is 19.5 Å². The van der Waals surface area contributed by atoms with Crippen LogP contribution in [0.2, 0.25) is 0 Å². The number of hydrogen-bond acceptors (Lipinski definition) is 5. The van der Waals surface area contributed by atoms with E-state index in [0.29, 0.717) is 22.9 Å². The van der Waals surface area contributed by atoms with Crippen LogP contribution in [0.3, 0.4) is 0 Å². The Labute approximate surface area is 146 Å². The van der Waals surface area contributed by atoms with Crippen LogP contribution in [0.1, 0.15) is 16.7 Å². The first-order chi connectivity index (χ1) is 12.0. The highest BCUT2D eigenvalue weighted by Gasteiger charge is 2.12. The fourth-order valence-electron chi connectivity index (χ4n) is 2.86. The maximum atomic E-state index is 9.52. The molecule has 0 aliphatic carbocycles. The normalized spacial score (nSPS) is 10.4. The van der Waals surface area contributed by atoms with Crippen molar-refractivity contribution in [3.05, 3.63) is 53.1 Å². The lowest BCUT2D eigenvalue weighted by Gasteiger charge is -2.14. The number of ether oxygens (including phenoxy) is 2. The molecule has 0 spiro atoms. The molecule has 1 heterocycles. The maximum absolute atomic E-state index is 9.52. The molecule has 0 atom stereocenters. The van der Waals surface area contributed by atoms with Crippen LogP contribution < -0.4 is 14.8 Å². The Balaban J connectivity index is 2.11. The lowest BCUT2D eigenvalue weighted by atomic mass is 10.1. The fraction of sp³-hybridized carbons (Fsp3) is 0.200. The number of fused-ring (bicyclic) bond motifs is 1. The van der Waals surface area contributed by atoms with Gasteiger partial charge in [0.25, 0.3) is 0 Å². The molecule has 1 aromatic heterocycles. The summed E-state index contributed by atoms with van der Waals surface area (Å²) in [6.45, 7) is 4.05. The van der Waals surface area contributed by atoms with Gasteiger partial charge in [0.15, 0.2) is 0 Å². The minimum atomic E-state index is 0.482. The van der Waals surface area contributed by atoms with E-state index in [2.05, 4.69) is 22.4 Å². The summed E-state index contributed by atoms with van der Waals surface area (Å²) < 4.78 is 10.6. The second-order valence-electron chi connectivity index (χ2n) is 5.84. The van der Waals surface area contributed by atoms with Gasteiger partial charge in [-0.2, -0.15) is 5.26 Å². The highest BCUT2D eigenvalue weighted by atomic mass is 16.5. The zero-order chi connectivity index (χ0) is 18.0. The summed E-state index contributed by atoms with van der Waals surface area (Å²) in [6, 6.07) is 13.6. The quantitative estimate of drug-likeness (QED) is 0.762. The molecule has 3 rings (SSSR count). The van der Waals surface area contributed by atoms with Crippen LogP contribution in [0.25, 0.3) is 10.9 Å². The number of anilines is 2. The largest absolute Gasteiger partial charge is 0.497 e. The smallest absolute Gasteiger partial charge is 0.149 e. The van der Waals surface area contributed by atoms with Gasteiger partial charge in [-0.05, 0) is 43.7 Å². The van der Waals surface area contributed by atoms with Gasteiger partial charge in [0.1, 0.15) is 23.4 Å². The molecular formula is C20H19N3O2. The number of pyridine rings is 1. The average Bonchev–Trinajstić information content (AvgIpc) is 2.61. The van der Waals surface area contributed by atoms with E-state index in [0.717, 1.165) is 27.7 Å². The van der Waals surface area contributed by atoms with Crippen molar-refractivity contribution in [1.29, 1.82) is 5.26 Å². The third-order valence-electron chi connectivity index (χ3n) is 4.04. The van der Waals surface area contributed by atoms with Gasteiger partial charge < -0.3 is 14.8 Å². The van der Waals surface area contributed by atoms with Gasteiger partial charge in [-0.25, -0.2) is 4.98 Å². The average molecular weight is 333 g/mol.